The number of amides is 1. The summed E-state index contributed by atoms with van der Waals surface area (Å²) in [6.45, 7) is 2.72. The van der Waals surface area contributed by atoms with Crippen molar-refractivity contribution >= 4 is 27.6 Å². The van der Waals surface area contributed by atoms with Gasteiger partial charge in [-0.1, -0.05) is 18.1 Å². The maximum absolute atomic E-state index is 13.5. The first-order chi connectivity index (χ1) is 14.9. The smallest absolute Gasteiger partial charge is 0.299 e. The van der Waals surface area contributed by atoms with Crippen LogP contribution in [-0.4, -0.2) is 49.8 Å². The number of hydrogen-bond donors (Lipinski definition) is 0. The van der Waals surface area contributed by atoms with E-state index in [1.807, 2.05) is 13.0 Å². The van der Waals surface area contributed by atoms with E-state index >= 15 is 0 Å². The Kier molecular flexibility index (Phi) is 6.22. The molecule has 2 aromatic rings. The third kappa shape index (κ3) is 4.42. The molecular weight excluding hydrogens is 445 g/mol. The molecule has 1 aliphatic heterocycles. The highest BCUT2D eigenvalue weighted by atomic mass is 32.2. The molecule has 1 fully saturated rings. The number of hydrogen-bond acceptors (Lipinski definition) is 4. The second-order valence-electron chi connectivity index (χ2n) is 7.42. The highest BCUT2D eigenvalue weighted by molar-refractivity contribution is 7.90. The number of halogens is 3. The van der Waals surface area contributed by atoms with Crippen LogP contribution in [0.25, 0.3) is 0 Å². The van der Waals surface area contributed by atoms with Crippen LogP contribution in [0.2, 0.25) is 0 Å². The Morgan fingerprint density at radius 2 is 1.97 bits per heavy atom. The maximum Gasteiger partial charge on any atom is 0.416 e. The first-order valence-electron chi connectivity index (χ1n) is 9.49. The summed E-state index contributed by atoms with van der Waals surface area (Å²) < 4.78 is 67.5. The van der Waals surface area contributed by atoms with Gasteiger partial charge in [0.25, 0.3) is 5.91 Å². The average Bonchev–Trinajstić information content (AvgIpc) is 2.93. The van der Waals surface area contributed by atoms with Crippen molar-refractivity contribution in [3.63, 3.8) is 0 Å². The van der Waals surface area contributed by atoms with Crippen LogP contribution in [0, 0.1) is 26.2 Å². The number of nitrogens with zero attached hydrogens (tertiary/aromatic N) is 4. The van der Waals surface area contributed by atoms with Crippen molar-refractivity contribution in [1.82, 2.24) is 9.29 Å². The summed E-state index contributed by atoms with van der Waals surface area (Å²) in [7, 11) is -3.05. The molecule has 1 amide bonds. The van der Waals surface area contributed by atoms with Crippen LogP contribution in [-0.2, 0) is 21.2 Å². The predicted octanol–water partition coefficient (Wildman–Crippen LogP) is 2.75. The summed E-state index contributed by atoms with van der Waals surface area (Å²) in [6, 6.07) is 6.97. The Morgan fingerprint density at radius 3 is 2.56 bits per heavy atom. The van der Waals surface area contributed by atoms with Gasteiger partial charge in [-0.25, -0.2) is 9.29 Å². The molecule has 0 unspecified atom stereocenters. The summed E-state index contributed by atoms with van der Waals surface area (Å²) >= 11 is 0. The lowest BCUT2D eigenvalue weighted by Crippen LogP contribution is -2.48. The van der Waals surface area contributed by atoms with E-state index in [0.29, 0.717) is 16.1 Å². The highest BCUT2D eigenvalue weighted by Gasteiger charge is 2.48. The molecular formula is C21H21F3N4O3S. The first kappa shape index (κ1) is 23.6. The number of terminal acetylenes is 1. The van der Waals surface area contributed by atoms with E-state index in [1.54, 1.807) is 18.2 Å². The van der Waals surface area contributed by atoms with Crippen LogP contribution in [0.4, 0.5) is 24.7 Å². The van der Waals surface area contributed by atoms with E-state index in [1.165, 1.54) is 18.9 Å². The van der Waals surface area contributed by atoms with Gasteiger partial charge in [-0.15, -0.1) is 6.42 Å². The lowest BCUT2D eigenvalue weighted by Gasteiger charge is -2.28. The van der Waals surface area contributed by atoms with Gasteiger partial charge in [0.05, 0.1) is 12.1 Å². The molecule has 3 rings (SSSR count). The van der Waals surface area contributed by atoms with E-state index in [0.717, 1.165) is 15.9 Å². The van der Waals surface area contributed by atoms with Crippen LogP contribution in [0.3, 0.4) is 0 Å². The number of rotatable bonds is 4. The zero-order valence-corrected chi connectivity index (χ0v) is 18.4. The second-order valence-corrected chi connectivity index (χ2v) is 9.33. The molecule has 170 valence electrons. The van der Waals surface area contributed by atoms with E-state index in [2.05, 4.69) is 10.9 Å². The number of benzene rings is 1. The number of aromatic nitrogens is 1. The number of pyridine rings is 1. The van der Waals surface area contributed by atoms with Crippen LogP contribution in [0.15, 0.2) is 36.4 Å². The van der Waals surface area contributed by atoms with Gasteiger partial charge in [0.1, 0.15) is 11.9 Å². The molecule has 1 aromatic carbocycles. The first-order valence-corrected chi connectivity index (χ1v) is 10.9. The van der Waals surface area contributed by atoms with Gasteiger partial charge in [0.2, 0.25) is 0 Å². The Labute approximate surface area is 184 Å². The lowest BCUT2D eigenvalue weighted by atomic mass is 10.1. The van der Waals surface area contributed by atoms with Gasteiger partial charge >= 0.3 is 16.4 Å². The normalized spacial score (nSPS) is 18.4. The summed E-state index contributed by atoms with van der Waals surface area (Å²) in [5, 5.41) is 0. The van der Waals surface area contributed by atoms with Gasteiger partial charge in [-0.3, -0.25) is 9.69 Å². The minimum absolute atomic E-state index is 0.0371. The van der Waals surface area contributed by atoms with Crippen molar-refractivity contribution in [2.24, 2.45) is 0 Å². The topological polar surface area (TPSA) is 73.8 Å². The number of likely N-dealkylation sites (N-methyl/N-ethyl adjacent to an activating group) is 1. The van der Waals surface area contributed by atoms with Crippen LogP contribution in [0.1, 0.15) is 16.8 Å². The molecule has 1 aromatic heterocycles. The third-order valence-electron chi connectivity index (χ3n) is 4.96. The fraction of sp³-hybridized carbons (Fsp3) is 0.333. The molecule has 1 saturated heterocycles. The molecule has 11 heteroatoms. The summed E-state index contributed by atoms with van der Waals surface area (Å²) in [5.74, 6) is 1.22. The van der Waals surface area contributed by atoms with Gasteiger partial charge in [-0.2, -0.15) is 25.9 Å². The standard InChI is InChI=1S/C21H21F3N4O3S/c1-5-9-27(17-8-6-7-14(2)10-17)20(29)18-13-26(4)32(30,31)28(18)19-12-16(21(22,23)24)11-15(3)25-19/h1,6-8,10-12,18H,9,13H2,2-4H3/t18-/m0/s1. The Hall–Kier alpha value is -3.10. The summed E-state index contributed by atoms with van der Waals surface area (Å²) in [5.41, 5.74) is 0.202. The minimum atomic E-state index is -4.71. The SMILES string of the molecule is C#CCN(C(=O)[C@@H]1CN(C)S(=O)(=O)N1c1cc(C(F)(F)F)cc(C)n1)c1cccc(C)c1. The number of carbonyl (C=O) groups is 1. The van der Waals surface area contributed by atoms with E-state index in [-0.39, 0.29) is 18.8 Å². The Balaban J connectivity index is 2.12. The number of anilines is 2. The monoisotopic (exact) mass is 466 g/mol. The third-order valence-corrected chi connectivity index (χ3v) is 6.84. The van der Waals surface area contributed by atoms with Crippen molar-refractivity contribution in [2.45, 2.75) is 26.1 Å². The van der Waals surface area contributed by atoms with E-state index < -0.39 is 39.7 Å². The van der Waals surface area contributed by atoms with Crippen LogP contribution in [0.5, 0.6) is 0 Å². The van der Waals surface area contributed by atoms with Crippen LogP contribution < -0.4 is 9.21 Å². The van der Waals surface area contributed by atoms with Crippen molar-refractivity contribution < 1.29 is 26.4 Å². The molecule has 1 atom stereocenters. The molecule has 0 spiro atoms. The van der Waals surface area contributed by atoms with Crippen molar-refractivity contribution in [2.75, 3.05) is 29.3 Å². The lowest BCUT2D eigenvalue weighted by molar-refractivity contribution is -0.137. The zero-order chi connectivity index (χ0) is 23.8. The summed E-state index contributed by atoms with van der Waals surface area (Å²) in [6.07, 6.45) is 0.718. The second kappa shape index (κ2) is 8.44. The number of alkyl halides is 3. The zero-order valence-electron chi connectivity index (χ0n) is 17.6. The number of aryl methyl sites for hydroxylation is 2. The van der Waals surface area contributed by atoms with Crippen molar-refractivity contribution in [3.8, 4) is 12.3 Å². The Bertz CT molecular complexity index is 1190. The fourth-order valence-corrected chi connectivity index (χ4v) is 4.91. The molecule has 0 aliphatic carbocycles. The van der Waals surface area contributed by atoms with Gasteiger partial charge in [0.15, 0.2) is 0 Å². The minimum Gasteiger partial charge on any atom is -0.299 e. The summed E-state index contributed by atoms with van der Waals surface area (Å²) in [4.78, 5) is 18.7. The largest absolute Gasteiger partial charge is 0.416 e. The molecule has 32 heavy (non-hydrogen) atoms. The quantitative estimate of drug-likeness (QED) is 0.650. The molecule has 0 radical (unpaired) electrons. The highest BCUT2D eigenvalue weighted by Crippen LogP contribution is 2.35. The maximum atomic E-state index is 13.5. The van der Waals surface area contributed by atoms with Gasteiger partial charge in [0, 0.05) is 25.0 Å². The predicted molar refractivity (Wildman–Crippen MR) is 114 cm³/mol. The van der Waals surface area contributed by atoms with Crippen LogP contribution >= 0.6 is 0 Å². The molecule has 1 aliphatic rings. The van der Waals surface area contributed by atoms with Gasteiger partial charge < -0.3 is 0 Å². The fourth-order valence-electron chi connectivity index (χ4n) is 3.47. The van der Waals surface area contributed by atoms with Gasteiger partial charge in [-0.05, 0) is 43.7 Å². The van der Waals surface area contributed by atoms with Crippen molar-refractivity contribution in [1.29, 1.82) is 0 Å². The Morgan fingerprint density at radius 1 is 1.28 bits per heavy atom. The molecule has 0 saturated carbocycles. The molecule has 2 heterocycles. The average molecular weight is 466 g/mol. The molecule has 0 N–H and O–H groups in total. The molecule has 7 nitrogen and oxygen atoms in total. The van der Waals surface area contributed by atoms with E-state index in [4.69, 9.17) is 6.42 Å². The van der Waals surface area contributed by atoms with Crippen molar-refractivity contribution in [3.05, 3.63) is 53.2 Å². The number of carbonyl (C=O) groups excluding carboxylic acids is 1. The van der Waals surface area contributed by atoms with E-state index in [9.17, 15) is 26.4 Å². The molecule has 0 bridgehead atoms.